The van der Waals surface area contributed by atoms with Gasteiger partial charge in [0, 0.05) is 24.4 Å². The zero-order valence-corrected chi connectivity index (χ0v) is 10.6. The van der Waals surface area contributed by atoms with E-state index < -0.39 is 5.97 Å². The number of nitrogens with one attached hydrogen (secondary N) is 1. The van der Waals surface area contributed by atoms with Crippen molar-refractivity contribution in [2.45, 2.75) is 0 Å². The number of aryl methyl sites for hydroxylation is 1. The zero-order chi connectivity index (χ0) is 14.1. The molecule has 0 atom stereocenters. The number of aromatic carboxylic acids is 1. The highest BCUT2D eigenvalue weighted by molar-refractivity contribution is 5.83. The molecule has 3 aromatic rings. The van der Waals surface area contributed by atoms with E-state index in [1.165, 1.54) is 4.68 Å². The van der Waals surface area contributed by atoms with Gasteiger partial charge in [-0.2, -0.15) is 5.10 Å². The van der Waals surface area contributed by atoms with Crippen LogP contribution in [0.4, 0.5) is 0 Å². The van der Waals surface area contributed by atoms with Gasteiger partial charge < -0.3 is 5.11 Å². The molecule has 7 nitrogen and oxygen atoms in total. The molecule has 2 heterocycles. The Labute approximate surface area is 113 Å². The van der Waals surface area contributed by atoms with Crippen LogP contribution >= 0.6 is 0 Å². The third kappa shape index (κ3) is 2.05. The lowest BCUT2D eigenvalue weighted by atomic mass is 10.1. The first kappa shape index (κ1) is 12.1. The van der Waals surface area contributed by atoms with Gasteiger partial charge in [-0.1, -0.05) is 18.2 Å². The van der Waals surface area contributed by atoms with Crippen molar-refractivity contribution in [3.05, 3.63) is 42.4 Å². The molecule has 3 rings (SSSR count). The maximum Gasteiger partial charge on any atom is 0.375 e. The first-order valence-corrected chi connectivity index (χ1v) is 5.89. The van der Waals surface area contributed by atoms with Gasteiger partial charge in [0.2, 0.25) is 0 Å². The number of rotatable bonds is 3. The van der Waals surface area contributed by atoms with Crippen molar-refractivity contribution in [3.8, 4) is 22.6 Å². The number of benzene rings is 1. The summed E-state index contributed by atoms with van der Waals surface area (Å²) in [4.78, 5) is 14.9. The molecule has 2 aromatic heterocycles. The number of hydrogen-bond acceptors (Lipinski definition) is 4. The standard InChI is InChI=1S/C13H11N5O2/c1-18-12(15-11(17-18)13(19)20)9-4-2-3-8(7-9)10-5-6-14-16-10/h2-7H,1H3,(H,14,16)(H,19,20). The predicted octanol–water partition coefficient (Wildman–Crippen LogP) is 1.57. The molecule has 0 aliphatic rings. The first-order chi connectivity index (χ1) is 9.65. The van der Waals surface area contributed by atoms with E-state index in [0.717, 1.165) is 16.8 Å². The normalized spacial score (nSPS) is 10.7. The Bertz CT molecular complexity index is 761. The number of aromatic nitrogens is 5. The van der Waals surface area contributed by atoms with E-state index in [4.69, 9.17) is 5.11 Å². The number of carboxylic acids is 1. The fourth-order valence-electron chi connectivity index (χ4n) is 1.97. The molecule has 0 saturated carbocycles. The Balaban J connectivity index is 2.07. The Morgan fingerprint density at radius 1 is 1.30 bits per heavy atom. The van der Waals surface area contributed by atoms with Crippen LogP contribution in [0.3, 0.4) is 0 Å². The second-order valence-electron chi connectivity index (χ2n) is 4.24. The molecule has 0 unspecified atom stereocenters. The van der Waals surface area contributed by atoms with E-state index >= 15 is 0 Å². The number of nitrogens with zero attached hydrogens (tertiary/aromatic N) is 4. The smallest absolute Gasteiger partial charge is 0.375 e. The fraction of sp³-hybridized carbons (Fsp3) is 0.0769. The second-order valence-corrected chi connectivity index (χ2v) is 4.24. The maximum atomic E-state index is 10.9. The van der Waals surface area contributed by atoms with E-state index in [-0.39, 0.29) is 5.82 Å². The van der Waals surface area contributed by atoms with E-state index in [9.17, 15) is 4.79 Å². The fourth-order valence-corrected chi connectivity index (χ4v) is 1.97. The summed E-state index contributed by atoms with van der Waals surface area (Å²) in [7, 11) is 1.66. The summed E-state index contributed by atoms with van der Waals surface area (Å²) in [5.41, 5.74) is 2.62. The van der Waals surface area contributed by atoms with Crippen molar-refractivity contribution in [1.29, 1.82) is 0 Å². The molecule has 0 bridgehead atoms. The number of carbonyl (C=O) groups is 1. The van der Waals surface area contributed by atoms with Gasteiger partial charge in [-0.25, -0.2) is 14.5 Å². The van der Waals surface area contributed by atoms with Crippen molar-refractivity contribution in [3.63, 3.8) is 0 Å². The van der Waals surface area contributed by atoms with Crippen molar-refractivity contribution in [2.24, 2.45) is 7.05 Å². The Hall–Kier alpha value is -2.96. The summed E-state index contributed by atoms with van der Waals surface area (Å²) in [6.07, 6.45) is 1.67. The largest absolute Gasteiger partial charge is 0.475 e. The van der Waals surface area contributed by atoms with Crippen LogP contribution < -0.4 is 0 Å². The molecule has 0 aliphatic heterocycles. The van der Waals surface area contributed by atoms with Gasteiger partial charge in [-0.05, 0) is 12.1 Å². The SMILES string of the molecule is Cn1nc(C(=O)O)nc1-c1cccc(-c2ccn[nH]2)c1. The van der Waals surface area contributed by atoms with Crippen LogP contribution in [0.1, 0.15) is 10.6 Å². The Morgan fingerprint density at radius 3 is 2.75 bits per heavy atom. The van der Waals surface area contributed by atoms with Gasteiger partial charge in [-0.3, -0.25) is 5.10 Å². The first-order valence-electron chi connectivity index (χ1n) is 5.89. The summed E-state index contributed by atoms with van der Waals surface area (Å²) in [5.74, 6) is -0.852. The summed E-state index contributed by atoms with van der Waals surface area (Å²) in [5, 5.41) is 19.6. The minimum atomic E-state index is -1.14. The lowest BCUT2D eigenvalue weighted by molar-refractivity contribution is 0.0683. The van der Waals surface area contributed by atoms with Crippen LogP contribution in [-0.4, -0.2) is 36.0 Å². The lowest BCUT2D eigenvalue weighted by Gasteiger charge is -2.02. The van der Waals surface area contributed by atoms with Gasteiger partial charge in [0.15, 0.2) is 5.82 Å². The van der Waals surface area contributed by atoms with Gasteiger partial charge in [0.25, 0.3) is 5.82 Å². The highest BCUT2D eigenvalue weighted by atomic mass is 16.4. The van der Waals surface area contributed by atoms with Crippen LogP contribution in [0, 0.1) is 0 Å². The predicted molar refractivity (Wildman–Crippen MR) is 71.0 cm³/mol. The van der Waals surface area contributed by atoms with E-state index in [0.29, 0.717) is 5.82 Å². The molecule has 20 heavy (non-hydrogen) atoms. The third-order valence-electron chi connectivity index (χ3n) is 2.89. The van der Waals surface area contributed by atoms with Crippen LogP contribution in [0.15, 0.2) is 36.5 Å². The summed E-state index contributed by atoms with van der Waals surface area (Å²) >= 11 is 0. The molecular formula is C13H11N5O2. The monoisotopic (exact) mass is 269 g/mol. The topological polar surface area (TPSA) is 96.7 Å². The van der Waals surface area contributed by atoms with Gasteiger partial charge >= 0.3 is 5.97 Å². The molecule has 0 amide bonds. The number of H-pyrrole nitrogens is 1. The van der Waals surface area contributed by atoms with Crippen LogP contribution in [0.5, 0.6) is 0 Å². The lowest BCUT2D eigenvalue weighted by Crippen LogP contribution is -2.00. The van der Waals surface area contributed by atoms with Crippen LogP contribution in [0.25, 0.3) is 22.6 Å². The average molecular weight is 269 g/mol. The van der Waals surface area contributed by atoms with Crippen LogP contribution in [0.2, 0.25) is 0 Å². The van der Waals surface area contributed by atoms with Gasteiger partial charge in [-0.15, -0.1) is 5.10 Å². The summed E-state index contributed by atoms with van der Waals surface area (Å²) in [6.45, 7) is 0. The molecule has 7 heteroatoms. The van der Waals surface area contributed by atoms with Crippen molar-refractivity contribution < 1.29 is 9.90 Å². The van der Waals surface area contributed by atoms with Crippen molar-refractivity contribution in [1.82, 2.24) is 25.0 Å². The molecule has 0 saturated heterocycles. The van der Waals surface area contributed by atoms with Crippen molar-refractivity contribution in [2.75, 3.05) is 0 Å². The van der Waals surface area contributed by atoms with Crippen molar-refractivity contribution >= 4 is 5.97 Å². The molecule has 100 valence electrons. The Morgan fingerprint density at radius 2 is 2.10 bits per heavy atom. The summed E-state index contributed by atoms with van der Waals surface area (Å²) in [6, 6.07) is 9.43. The summed E-state index contributed by atoms with van der Waals surface area (Å²) < 4.78 is 1.45. The highest BCUT2D eigenvalue weighted by Crippen LogP contribution is 2.23. The zero-order valence-electron chi connectivity index (χ0n) is 10.6. The maximum absolute atomic E-state index is 10.9. The third-order valence-corrected chi connectivity index (χ3v) is 2.89. The van der Waals surface area contributed by atoms with E-state index in [1.54, 1.807) is 13.2 Å². The molecule has 0 aliphatic carbocycles. The average Bonchev–Trinajstić information content (AvgIpc) is 3.08. The molecule has 2 N–H and O–H groups in total. The minimum Gasteiger partial charge on any atom is -0.475 e. The van der Waals surface area contributed by atoms with Crippen LogP contribution in [-0.2, 0) is 7.05 Å². The molecule has 0 spiro atoms. The molecule has 0 radical (unpaired) electrons. The highest BCUT2D eigenvalue weighted by Gasteiger charge is 2.15. The number of carboxylic acid groups (broad SMARTS) is 1. The quantitative estimate of drug-likeness (QED) is 0.752. The van der Waals surface area contributed by atoms with Gasteiger partial charge in [0.05, 0.1) is 5.69 Å². The van der Waals surface area contributed by atoms with E-state index in [2.05, 4.69) is 20.3 Å². The number of aromatic amines is 1. The Kier molecular flexibility index (Phi) is 2.79. The minimum absolute atomic E-state index is 0.213. The molecule has 0 fully saturated rings. The van der Waals surface area contributed by atoms with Gasteiger partial charge in [0.1, 0.15) is 0 Å². The number of hydrogen-bond donors (Lipinski definition) is 2. The molecular weight excluding hydrogens is 258 g/mol. The van der Waals surface area contributed by atoms with E-state index in [1.807, 2.05) is 30.3 Å². The molecule has 1 aromatic carbocycles. The second kappa shape index (κ2) is 4.61.